The van der Waals surface area contributed by atoms with Gasteiger partial charge in [-0.25, -0.2) is 0 Å². The molecule has 1 spiro atoms. The minimum absolute atomic E-state index is 0.0523. The number of fused-ring (bicyclic) bond motifs is 1. The topological polar surface area (TPSA) is 96.4 Å². The summed E-state index contributed by atoms with van der Waals surface area (Å²) in [6, 6.07) is -1.54. The van der Waals surface area contributed by atoms with Gasteiger partial charge in [-0.3, -0.25) is 14.4 Å². The maximum atomic E-state index is 13.8. The highest BCUT2D eigenvalue weighted by Crippen LogP contribution is 2.59. The summed E-state index contributed by atoms with van der Waals surface area (Å²) in [5.74, 6) is -2.61. The van der Waals surface area contributed by atoms with Crippen molar-refractivity contribution in [1.29, 1.82) is 0 Å². The van der Waals surface area contributed by atoms with E-state index in [4.69, 9.17) is 9.47 Å². The zero-order chi connectivity index (χ0) is 22.9. The zero-order valence-electron chi connectivity index (χ0n) is 18.7. The van der Waals surface area contributed by atoms with E-state index < -0.39 is 41.6 Å². The molecule has 31 heavy (non-hydrogen) atoms. The third-order valence-electron chi connectivity index (χ3n) is 6.90. The van der Waals surface area contributed by atoms with E-state index in [0.717, 1.165) is 0 Å². The molecule has 0 aromatic heterocycles. The molecule has 2 unspecified atom stereocenters. The Kier molecular flexibility index (Phi) is 6.91. The van der Waals surface area contributed by atoms with Crippen LogP contribution in [0, 0.1) is 11.8 Å². The summed E-state index contributed by atoms with van der Waals surface area (Å²) in [5.41, 5.74) is -1.09. The normalized spacial score (nSPS) is 32.2. The molecule has 1 N–H and O–H groups in total. The number of rotatable bonds is 10. The SMILES string of the molecule is C=CCOC(=O)[C@@H]1[C@H]2C(=O)N([C@@H](CC)CO)C(C(=O)N(CC=C)C(C)C)C23CC[C@H]1O3. The van der Waals surface area contributed by atoms with Gasteiger partial charge in [-0.15, -0.1) is 6.58 Å². The van der Waals surface area contributed by atoms with E-state index >= 15 is 0 Å². The van der Waals surface area contributed by atoms with Crippen molar-refractivity contribution in [2.75, 3.05) is 19.8 Å². The second-order valence-electron chi connectivity index (χ2n) is 8.84. The van der Waals surface area contributed by atoms with Crippen molar-refractivity contribution in [2.45, 2.75) is 69.9 Å². The van der Waals surface area contributed by atoms with Gasteiger partial charge in [-0.05, 0) is 33.1 Å². The highest BCUT2D eigenvalue weighted by molar-refractivity contribution is 5.98. The van der Waals surface area contributed by atoms with Crippen molar-refractivity contribution in [3.8, 4) is 0 Å². The first-order valence-corrected chi connectivity index (χ1v) is 11.1. The first-order chi connectivity index (χ1) is 14.8. The van der Waals surface area contributed by atoms with E-state index in [2.05, 4.69) is 13.2 Å². The van der Waals surface area contributed by atoms with Crippen molar-refractivity contribution >= 4 is 17.8 Å². The molecule has 3 fully saturated rings. The van der Waals surface area contributed by atoms with E-state index in [1.807, 2.05) is 20.8 Å². The minimum Gasteiger partial charge on any atom is -0.461 e. The molecular formula is C23H34N2O6. The fraction of sp³-hybridized carbons (Fsp3) is 0.696. The number of carbonyl (C=O) groups is 3. The maximum absolute atomic E-state index is 13.8. The average Bonchev–Trinajstić information content (AvgIpc) is 3.38. The molecule has 0 saturated carbocycles. The molecule has 2 amide bonds. The Morgan fingerprint density at radius 2 is 2.10 bits per heavy atom. The smallest absolute Gasteiger partial charge is 0.312 e. The van der Waals surface area contributed by atoms with Crippen molar-refractivity contribution in [3.63, 3.8) is 0 Å². The van der Waals surface area contributed by atoms with Gasteiger partial charge in [-0.2, -0.15) is 0 Å². The number of hydrogen-bond acceptors (Lipinski definition) is 6. The largest absolute Gasteiger partial charge is 0.461 e. The number of aliphatic hydroxyl groups excluding tert-OH is 1. The van der Waals surface area contributed by atoms with Crippen LogP contribution in [0.25, 0.3) is 0 Å². The van der Waals surface area contributed by atoms with Crippen LogP contribution in [0.2, 0.25) is 0 Å². The number of ether oxygens (including phenoxy) is 2. The van der Waals surface area contributed by atoms with Crippen molar-refractivity contribution < 1.29 is 29.0 Å². The maximum Gasteiger partial charge on any atom is 0.312 e. The second-order valence-corrected chi connectivity index (χ2v) is 8.84. The van der Waals surface area contributed by atoms with Gasteiger partial charge in [0.05, 0.1) is 30.6 Å². The van der Waals surface area contributed by atoms with Gasteiger partial charge < -0.3 is 24.4 Å². The molecule has 6 atom stereocenters. The van der Waals surface area contributed by atoms with Gasteiger partial charge in [0.15, 0.2) is 0 Å². The molecule has 3 heterocycles. The number of amides is 2. The molecule has 8 nitrogen and oxygen atoms in total. The average molecular weight is 435 g/mol. The summed E-state index contributed by atoms with van der Waals surface area (Å²) >= 11 is 0. The zero-order valence-corrected chi connectivity index (χ0v) is 18.7. The molecule has 0 aromatic rings. The predicted octanol–water partition coefficient (Wildman–Crippen LogP) is 1.28. The molecule has 0 aliphatic carbocycles. The Bertz CT molecular complexity index is 748. The third kappa shape index (κ3) is 3.59. The van der Waals surface area contributed by atoms with Crippen LogP contribution in [-0.4, -0.2) is 82.3 Å². The standard InChI is InChI=1S/C23H34N2O6/c1-6-11-24(14(4)5)21(28)19-23-10-9-16(31-23)17(22(29)30-12-7-2)18(23)20(27)25(19)15(8-3)13-26/h6-7,14-19,26H,1-2,8-13H2,3-5H3/t15-,16+,17-,18-,19?,23?/m0/s1. The lowest BCUT2D eigenvalue weighted by molar-refractivity contribution is -0.156. The molecule has 0 radical (unpaired) electrons. The van der Waals surface area contributed by atoms with Crippen LogP contribution < -0.4 is 0 Å². The van der Waals surface area contributed by atoms with Gasteiger partial charge >= 0.3 is 5.97 Å². The summed E-state index contributed by atoms with van der Waals surface area (Å²) in [4.78, 5) is 43.5. The molecule has 2 bridgehead atoms. The Hall–Kier alpha value is -2.19. The minimum atomic E-state index is -1.09. The summed E-state index contributed by atoms with van der Waals surface area (Å²) in [7, 11) is 0. The lowest BCUT2D eigenvalue weighted by atomic mass is 9.70. The lowest BCUT2D eigenvalue weighted by Crippen LogP contribution is -2.59. The van der Waals surface area contributed by atoms with Crippen LogP contribution >= 0.6 is 0 Å². The van der Waals surface area contributed by atoms with Gasteiger partial charge in [-0.1, -0.05) is 25.7 Å². The molecule has 3 rings (SSSR count). The van der Waals surface area contributed by atoms with Gasteiger partial charge in [0, 0.05) is 12.6 Å². The van der Waals surface area contributed by atoms with Crippen molar-refractivity contribution in [3.05, 3.63) is 25.3 Å². The second kappa shape index (κ2) is 9.12. The summed E-state index contributed by atoms with van der Waals surface area (Å²) in [6.45, 7) is 13.1. The van der Waals surface area contributed by atoms with Crippen LogP contribution in [0.3, 0.4) is 0 Å². The Balaban J connectivity index is 2.06. The first-order valence-electron chi connectivity index (χ1n) is 11.1. The van der Waals surface area contributed by atoms with Gasteiger partial charge in [0.25, 0.3) is 0 Å². The van der Waals surface area contributed by atoms with Gasteiger partial charge in [0.2, 0.25) is 11.8 Å². The predicted molar refractivity (Wildman–Crippen MR) is 114 cm³/mol. The summed E-state index contributed by atoms with van der Waals surface area (Å²) in [5, 5.41) is 10.00. The number of likely N-dealkylation sites (tertiary alicyclic amines) is 1. The molecule has 0 aromatic carbocycles. The quantitative estimate of drug-likeness (QED) is 0.411. The molecule has 3 aliphatic heterocycles. The lowest BCUT2D eigenvalue weighted by Gasteiger charge is -2.40. The van der Waals surface area contributed by atoms with Crippen molar-refractivity contribution in [2.24, 2.45) is 11.8 Å². The number of esters is 1. The van der Waals surface area contributed by atoms with Crippen LogP contribution in [0.15, 0.2) is 25.3 Å². The number of hydrogen-bond donors (Lipinski definition) is 1. The highest BCUT2D eigenvalue weighted by Gasteiger charge is 2.75. The van der Waals surface area contributed by atoms with E-state index in [0.29, 0.717) is 25.8 Å². The van der Waals surface area contributed by atoms with Gasteiger partial charge in [0.1, 0.15) is 18.2 Å². The van der Waals surface area contributed by atoms with E-state index in [1.165, 1.54) is 11.0 Å². The number of aliphatic hydroxyl groups is 1. The van der Waals surface area contributed by atoms with E-state index in [9.17, 15) is 19.5 Å². The molecule has 3 aliphatic rings. The monoisotopic (exact) mass is 434 g/mol. The summed E-state index contributed by atoms with van der Waals surface area (Å²) in [6.07, 6.45) is 4.24. The molecular weight excluding hydrogens is 400 g/mol. The Morgan fingerprint density at radius 1 is 1.39 bits per heavy atom. The van der Waals surface area contributed by atoms with Crippen LogP contribution in [0.5, 0.6) is 0 Å². The fourth-order valence-electron chi connectivity index (χ4n) is 5.53. The van der Waals surface area contributed by atoms with E-state index in [-0.39, 0.29) is 31.1 Å². The van der Waals surface area contributed by atoms with E-state index in [1.54, 1.807) is 11.0 Å². The number of nitrogens with zero attached hydrogens (tertiary/aromatic N) is 2. The van der Waals surface area contributed by atoms with Crippen LogP contribution in [-0.2, 0) is 23.9 Å². The Morgan fingerprint density at radius 3 is 2.65 bits per heavy atom. The Labute approximate surface area is 183 Å². The fourth-order valence-corrected chi connectivity index (χ4v) is 5.53. The van der Waals surface area contributed by atoms with Crippen molar-refractivity contribution in [1.82, 2.24) is 9.80 Å². The molecule has 8 heteroatoms. The van der Waals surface area contributed by atoms with Crippen LogP contribution in [0.1, 0.15) is 40.0 Å². The van der Waals surface area contributed by atoms with Crippen LogP contribution in [0.4, 0.5) is 0 Å². The summed E-state index contributed by atoms with van der Waals surface area (Å²) < 4.78 is 11.6. The number of carbonyl (C=O) groups excluding carboxylic acids is 3. The third-order valence-corrected chi connectivity index (χ3v) is 6.90. The highest BCUT2D eigenvalue weighted by atomic mass is 16.6. The molecule has 172 valence electrons. The molecule has 3 saturated heterocycles. The first kappa shape index (κ1) is 23.5.